The van der Waals surface area contributed by atoms with Crippen molar-refractivity contribution in [2.45, 2.75) is 98.7 Å². The Hall–Kier alpha value is -1.53. The first-order valence-corrected chi connectivity index (χ1v) is 16.7. The predicted octanol–water partition coefficient (Wildman–Crippen LogP) is 6.86. The van der Waals surface area contributed by atoms with E-state index in [-0.39, 0.29) is 18.9 Å². The van der Waals surface area contributed by atoms with Gasteiger partial charge in [0, 0.05) is 0 Å². The molecule has 0 aromatic heterocycles. The van der Waals surface area contributed by atoms with E-state index < -0.39 is 8.07 Å². The molecule has 0 N–H and O–H groups in total. The largest absolute Gasteiger partial charge is 1.00 e. The number of rotatable bonds is 7. The molecule has 35 heavy (non-hydrogen) atoms. The summed E-state index contributed by atoms with van der Waals surface area (Å²) < 4.78 is 0. The minimum absolute atomic E-state index is 0. The second-order valence-corrected chi connectivity index (χ2v) is 17.3. The normalized spacial score (nSPS) is 12.1. The standard InChI is InChI=1S/C33H45Si.Li/c1-21(2)28-14-12-15-29(22(3)4)32(28)25-18-26(20-27(19-25)34(9,10)11)33-30(23(5)6)16-13-17-31(33)24(7)8;/h12-17,19-24H,1-11H3;/q-1;+1. The Morgan fingerprint density at radius 3 is 1.06 bits per heavy atom. The maximum atomic E-state index is 3.99. The molecule has 0 heterocycles. The van der Waals surface area contributed by atoms with Gasteiger partial charge in [-0.15, -0.1) is 34.5 Å². The molecule has 0 atom stereocenters. The molecule has 0 aliphatic carbocycles. The maximum absolute atomic E-state index is 3.99. The van der Waals surface area contributed by atoms with Crippen molar-refractivity contribution < 1.29 is 18.9 Å². The van der Waals surface area contributed by atoms with Gasteiger partial charge in [-0.3, -0.25) is 0 Å². The van der Waals surface area contributed by atoms with Crippen molar-refractivity contribution in [2.24, 2.45) is 0 Å². The zero-order chi connectivity index (χ0) is 25.4. The Bertz CT molecular complexity index is 1010. The van der Waals surface area contributed by atoms with Gasteiger partial charge in [0.05, 0.1) is 8.07 Å². The van der Waals surface area contributed by atoms with Gasteiger partial charge in [-0.1, -0.05) is 145 Å². The molecule has 3 aromatic rings. The van der Waals surface area contributed by atoms with Crippen molar-refractivity contribution in [1.82, 2.24) is 0 Å². The Labute approximate surface area is 229 Å². The summed E-state index contributed by atoms with van der Waals surface area (Å²) >= 11 is 0. The van der Waals surface area contributed by atoms with Crippen LogP contribution in [0.3, 0.4) is 0 Å². The first-order chi connectivity index (χ1) is 15.8. The van der Waals surface area contributed by atoms with Gasteiger partial charge in [0.15, 0.2) is 0 Å². The summed E-state index contributed by atoms with van der Waals surface area (Å²) in [6, 6.07) is 22.7. The van der Waals surface area contributed by atoms with E-state index in [9.17, 15) is 0 Å². The topological polar surface area (TPSA) is 0 Å². The average molecular weight is 477 g/mol. The summed E-state index contributed by atoms with van der Waals surface area (Å²) in [6.07, 6.45) is 0. The molecule has 0 amide bonds. The van der Waals surface area contributed by atoms with Gasteiger partial charge in [-0.2, -0.15) is 0 Å². The van der Waals surface area contributed by atoms with Crippen molar-refractivity contribution >= 4 is 13.3 Å². The van der Waals surface area contributed by atoms with Crippen molar-refractivity contribution in [1.29, 1.82) is 0 Å². The van der Waals surface area contributed by atoms with E-state index in [4.69, 9.17) is 0 Å². The van der Waals surface area contributed by atoms with Crippen LogP contribution >= 0.6 is 0 Å². The van der Waals surface area contributed by atoms with Gasteiger partial charge in [-0.25, -0.2) is 0 Å². The molecule has 3 rings (SSSR count). The molecule has 0 saturated heterocycles. The molecule has 0 nitrogen and oxygen atoms in total. The van der Waals surface area contributed by atoms with Crippen LogP contribution in [-0.2, 0) is 0 Å². The van der Waals surface area contributed by atoms with Crippen LogP contribution in [0.1, 0.15) is 101 Å². The third-order valence-corrected chi connectivity index (χ3v) is 9.04. The molecule has 3 aromatic carbocycles. The van der Waals surface area contributed by atoms with E-state index in [1.807, 2.05) is 0 Å². The predicted molar refractivity (Wildman–Crippen MR) is 155 cm³/mol. The van der Waals surface area contributed by atoms with Crippen LogP contribution in [0.15, 0.2) is 48.5 Å². The fourth-order valence-corrected chi connectivity index (χ4v) is 6.15. The summed E-state index contributed by atoms with van der Waals surface area (Å²) in [5, 5.41) is 1.51. The Morgan fingerprint density at radius 2 is 0.829 bits per heavy atom. The van der Waals surface area contributed by atoms with E-state index >= 15 is 0 Å². The van der Waals surface area contributed by atoms with E-state index in [2.05, 4.69) is 130 Å². The second kappa shape index (κ2) is 11.7. The molecular weight excluding hydrogens is 431 g/mol. The van der Waals surface area contributed by atoms with E-state index in [0.717, 1.165) is 0 Å². The Morgan fingerprint density at radius 1 is 0.543 bits per heavy atom. The van der Waals surface area contributed by atoms with Gasteiger partial charge >= 0.3 is 18.9 Å². The zero-order valence-corrected chi connectivity index (χ0v) is 25.4. The zero-order valence-electron chi connectivity index (χ0n) is 24.4. The molecule has 0 bridgehead atoms. The summed E-state index contributed by atoms with van der Waals surface area (Å²) in [6.45, 7) is 25.9. The molecule has 0 aliphatic heterocycles. The molecule has 0 spiro atoms. The van der Waals surface area contributed by atoms with Crippen LogP contribution in [0, 0.1) is 6.07 Å². The van der Waals surface area contributed by atoms with Crippen molar-refractivity contribution in [3.05, 3.63) is 76.9 Å². The molecule has 0 fully saturated rings. The molecule has 2 heteroatoms. The molecular formula is C33H45LiSi. The average Bonchev–Trinajstić information content (AvgIpc) is 2.76. The van der Waals surface area contributed by atoms with Crippen LogP contribution in [0.5, 0.6) is 0 Å². The van der Waals surface area contributed by atoms with E-state index in [0.29, 0.717) is 23.7 Å². The van der Waals surface area contributed by atoms with E-state index in [1.165, 1.54) is 49.7 Å². The third-order valence-electron chi connectivity index (χ3n) is 7.02. The summed E-state index contributed by atoms with van der Waals surface area (Å²) in [4.78, 5) is 0. The molecule has 0 radical (unpaired) electrons. The van der Waals surface area contributed by atoms with Crippen LogP contribution in [0.4, 0.5) is 0 Å². The Kier molecular flexibility index (Phi) is 9.91. The van der Waals surface area contributed by atoms with Crippen molar-refractivity contribution in [2.75, 3.05) is 0 Å². The van der Waals surface area contributed by atoms with Crippen LogP contribution in [-0.4, -0.2) is 8.07 Å². The minimum atomic E-state index is -1.56. The molecule has 182 valence electrons. The smallest absolute Gasteiger partial charge is 0.126 e. The molecule has 0 unspecified atom stereocenters. The first kappa shape index (κ1) is 29.7. The molecule has 0 aliphatic rings. The fourth-order valence-electron chi connectivity index (χ4n) is 5.00. The minimum Gasteiger partial charge on any atom is -0.126 e. The van der Waals surface area contributed by atoms with Gasteiger partial charge in [0.25, 0.3) is 0 Å². The van der Waals surface area contributed by atoms with Gasteiger partial charge in [0.2, 0.25) is 0 Å². The number of benzene rings is 3. The number of hydrogen-bond acceptors (Lipinski definition) is 0. The first-order valence-electron chi connectivity index (χ1n) is 13.2. The SMILES string of the molecule is CC(C)c1cccc(C(C)C)c1-c1[c-]c(-c2c(C(C)C)cccc2C(C)C)cc([Si](C)(C)C)c1.[Li+]. The van der Waals surface area contributed by atoms with Crippen molar-refractivity contribution in [3.63, 3.8) is 0 Å². The quantitative estimate of drug-likeness (QED) is 0.258. The third kappa shape index (κ3) is 6.43. The second-order valence-electron chi connectivity index (χ2n) is 12.2. The van der Waals surface area contributed by atoms with Crippen LogP contribution in [0.25, 0.3) is 22.3 Å². The Balaban J connectivity index is 0.00000432. The summed E-state index contributed by atoms with van der Waals surface area (Å²) in [5.41, 5.74) is 11.1. The fraction of sp³-hybridized carbons (Fsp3) is 0.455. The number of hydrogen-bond donors (Lipinski definition) is 0. The molecule has 0 saturated carbocycles. The van der Waals surface area contributed by atoms with Gasteiger partial charge < -0.3 is 0 Å². The summed E-state index contributed by atoms with van der Waals surface area (Å²) in [7, 11) is -1.56. The van der Waals surface area contributed by atoms with E-state index in [1.54, 1.807) is 0 Å². The van der Waals surface area contributed by atoms with Crippen molar-refractivity contribution in [3.8, 4) is 22.3 Å². The van der Waals surface area contributed by atoms with Gasteiger partial charge in [0.1, 0.15) is 0 Å². The summed E-state index contributed by atoms with van der Waals surface area (Å²) in [5.74, 6) is 1.87. The van der Waals surface area contributed by atoms with Gasteiger partial charge in [-0.05, 0) is 23.7 Å². The van der Waals surface area contributed by atoms with Crippen LogP contribution < -0.4 is 24.0 Å². The monoisotopic (exact) mass is 476 g/mol. The van der Waals surface area contributed by atoms with Crippen LogP contribution in [0.2, 0.25) is 19.6 Å². The maximum Gasteiger partial charge on any atom is 1.00 e.